The molecule has 0 bridgehead atoms. The number of halogens is 2. The molecule has 0 saturated heterocycles. The first-order valence-corrected chi connectivity index (χ1v) is 6.26. The molecule has 0 aromatic heterocycles. The Bertz CT molecular complexity index is 572. The molecule has 0 saturated carbocycles. The van der Waals surface area contributed by atoms with Crippen LogP contribution in [0.15, 0.2) is 42.5 Å². The van der Waals surface area contributed by atoms with E-state index in [9.17, 15) is 9.50 Å². The average molecular weight is 281 g/mol. The molecule has 0 aliphatic carbocycles. The summed E-state index contributed by atoms with van der Waals surface area (Å²) in [6, 6.07) is 11.4. The molecule has 2 aromatic rings. The van der Waals surface area contributed by atoms with Gasteiger partial charge < -0.3 is 9.84 Å². The first-order chi connectivity index (χ1) is 9.06. The molecule has 0 spiro atoms. The SMILES string of the molecule is Cc1cc(C(O)COc2cccc(Cl)c2)ccc1F. The summed E-state index contributed by atoms with van der Waals surface area (Å²) in [4.78, 5) is 0. The highest BCUT2D eigenvalue weighted by atomic mass is 35.5. The van der Waals surface area contributed by atoms with Crippen LogP contribution in [-0.2, 0) is 0 Å². The van der Waals surface area contributed by atoms with Crippen LogP contribution in [-0.4, -0.2) is 11.7 Å². The molecule has 0 amide bonds. The third-order valence-electron chi connectivity index (χ3n) is 2.77. The van der Waals surface area contributed by atoms with Crippen LogP contribution in [0.2, 0.25) is 5.02 Å². The fraction of sp³-hybridized carbons (Fsp3) is 0.200. The summed E-state index contributed by atoms with van der Waals surface area (Å²) in [5.74, 6) is 0.303. The lowest BCUT2D eigenvalue weighted by Gasteiger charge is -2.13. The number of benzene rings is 2. The normalized spacial score (nSPS) is 12.2. The number of aliphatic hydroxyl groups is 1. The Morgan fingerprint density at radius 2 is 2.05 bits per heavy atom. The monoisotopic (exact) mass is 280 g/mol. The molecular weight excluding hydrogens is 267 g/mol. The average Bonchev–Trinajstić information content (AvgIpc) is 2.39. The molecule has 1 N–H and O–H groups in total. The largest absolute Gasteiger partial charge is 0.490 e. The Morgan fingerprint density at radius 3 is 2.74 bits per heavy atom. The molecule has 1 unspecified atom stereocenters. The number of ether oxygens (including phenoxy) is 1. The zero-order valence-corrected chi connectivity index (χ0v) is 11.2. The lowest BCUT2D eigenvalue weighted by molar-refractivity contribution is 0.108. The summed E-state index contributed by atoms with van der Waals surface area (Å²) in [6.07, 6.45) is -0.807. The Morgan fingerprint density at radius 1 is 1.26 bits per heavy atom. The fourth-order valence-electron chi connectivity index (χ4n) is 1.70. The van der Waals surface area contributed by atoms with Gasteiger partial charge in [-0.05, 0) is 42.3 Å². The molecule has 4 heteroatoms. The number of hydrogen-bond donors (Lipinski definition) is 1. The van der Waals surface area contributed by atoms with Gasteiger partial charge in [-0.3, -0.25) is 0 Å². The quantitative estimate of drug-likeness (QED) is 0.920. The molecule has 0 fully saturated rings. The molecule has 0 aliphatic heterocycles. The summed E-state index contributed by atoms with van der Waals surface area (Å²) in [5, 5.41) is 10.6. The van der Waals surface area contributed by atoms with Crippen molar-refractivity contribution in [3.05, 3.63) is 64.4 Å². The fourth-order valence-corrected chi connectivity index (χ4v) is 1.88. The zero-order valence-electron chi connectivity index (χ0n) is 10.4. The lowest BCUT2D eigenvalue weighted by Crippen LogP contribution is -2.10. The van der Waals surface area contributed by atoms with Gasteiger partial charge in [-0.1, -0.05) is 29.8 Å². The van der Waals surface area contributed by atoms with E-state index in [1.807, 2.05) is 0 Å². The molecule has 100 valence electrons. The van der Waals surface area contributed by atoms with Crippen LogP contribution in [0.25, 0.3) is 0 Å². The Hall–Kier alpha value is -1.58. The van der Waals surface area contributed by atoms with Crippen molar-refractivity contribution in [3.8, 4) is 5.75 Å². The Balaban J connectivity index is 2.01. The van der Waals surface area contributed by atoms with E-state index in [0.717, 1.165) is 0 Å². The second-order valence-corrected chi connectivity index (χ2v) is 4.73. The van der Waals surface area contributed by atoms with Crippen molar-refractivity contribution < 1.29 is 14.2 Å². The molecule has 0 radical (unpaired) electrons. The minimum absolute atomic E-state index is 0.0887. The van der Waals surface area contributed by atoms with Crippen molar-refractivity contribution in [2.24, 2.45) is 0 Å². The predicted molar refractivity (Wildman–Crippen MR) is 73.0 cm³/mol. The first kappa shape index (κ1) is 13.8. The number of hydrogen-bond acceptors (Lipinski definition) is 2. The highest BCUT2D eigenvalue weighted by molar-refractivity contribution is 6.30. The van der Waals surface area contributed by atoms with Crippen molar-refractivity contribution >= 4 is 11.6 Å². The van der Waals surface area contributed by atoms with Gasteiger partial charge in [0.2, 0.25) is 0 Å². The second kappa shape index (κ2) is 6.04. The molecule has 2 aromatic carbocycles. The van der Waals surface area contributed by atoms with Crippen molar-refractivity contribution in [1.82, 2.24) is 0 Å². The van der Waals surface area contributed by atoms with E-state index < -0.39 is 6.10 Å². The molecular formula is C15H14ClFO2. The minimum Gasteiger partial charge on any atom is -0.490 e. The van der Waals surface area contributed by atoms with Crippen LogP contribution in [0.4, 0.5) is 4.39 Å². The smallest absolute Gasteiger partial charge is 0.126 e. The lowest BCUT2D eigenvalue weighted by atomic mass is 10.1. The van der Waals surface area contributed by atoms with Crippen LogP contribution in [0.5, 0.6) is 5.75 Å². The third kappa shape index (κ3) is 3.69. The van der Waals surface area contributed by atoms with Gasteiger partial charge in [0.05, 0.1) is 0 Å². The highest BCUT2D eigenvalue weighted by Crippen LogP contribution is 2.21. The Labute approximate surface area is 116 Å². The third-order valence-corrected chi connectivity index (χ3v) is 3.01. The van der Waals surface area contributed by atoms with Gasteiger partial charge in [0.15, 0.2) is 0 Å². The van der Waals surface area contributed by atoms with Gasteiger partial charge >= 0.3 is 0 Å². The number of rotatable bonds is 4. The summed E-state index contributed by atoms with van der Waals surface area (Å²) in [5.41, 5.74) is 1.13. The molecule has 19 heavy (non-hydrogen) atoms. The van der Waals surface area contributed by atoms with Crippen molar-refractivity contribution in [1.29, 1.82) is 0 Å². The van der Waals surface area contributed by atoms with E-state index in [2.05, 4.69) is 0 Å². The van der Waals surface area contributed by atoms with E-state index in [4.69, 9.17) is 16.3 Å². The van der Waals surface area contributed by atoms with Crippen LogP contribution in [0.1, 0.15) is 17.2 Å². The van der Waals surface area contributed by atoms with Gasteiger partial charge in [-0.25, -0.2) is 4.39 Å². The predicted octanol–water partition coefficient (Wildman–Crippen LogP) is 3.90. The van der Waals surface area contributed by atoms with Crippen LogP contribution in [0.3, 0.4) is 0 Å². The summed E-state index contributed by atoms with van der Waals surface area (Å²) >= 11 is 5.83. The molecule has 2 nitrogen and oxygen atoms in total. The van der Waals surface area contributed by atoms with E-state index in [0.29, 0.717) is 21.9 Å². The summed E-state index contributed by atoms with van der Waals surface area (Å²) < 4.78 is 18.6. The van der Waals surface area contributed by atoms with Gasteiger partial charge in [0.25, 0.3) is 0 Å². The van der Waals surface area contributed by atoms with Crippen molar-refractivity contribution in [2.75, 3.05) is 6.61 Å². The topological polar surface area (TPSA) is 29.5 Å². The van der Waals surface area contributed by atoms with Crippen molar-refractivity contribution in [2.45, 2.75) is 13.0 Å². The number of aryl methyl sites for hydroxylation is 1. The van der Waals surface area contributed by atoms with E-state index >= 15 is 0 Å². The standard InChI is InChI=1S/C15H14ClFO2/c1-10-7-11(5-6-14(10)17)15(18)9-19-13-4-2-3-12(16)8-13/h2-8,15,18H,9H2,1H3. The molecule has 1 atom stereocenters. The maximum atomic E-state index is 13.1. The molecule has 0 heterocycles. The minimum atomic E-state index is -0.807. The summed E-state index contributed by atoms with van der Waals surface area (Å²) in [6.45, 7) is 1.74. The van der Waals surface area contributed by atoms with Gasteiger partial charge in [0.1, 0.15) is 24.3 Å². The Kier molecular flexibility index (Phi) is 4.40. The maximum Gasteiger partial charge on any atom is 0.126 e. The van der Waals surface area contributed by atoms with E-state index in [-0.39, 0.29) is 12.4 Å². The van der Waals surface area contributed by atoms with Crippen LogP contribution in [0, 0.1) is 12.7 Å². The molecule has 0 aliphatic rings. The zero-order chi connectivity index (χ0) is 13.8. The first-order valence-electron chi connectivity index (χ1n) is 5.89. The van der Waals surface area contributed by atoms with Crippen LogP contribution >= 0.6 is 11.6 Å². The highest BCUT2D eigenvalue weighted by Gasteiger charge is 2.10. The van der Waals surface area contributed by atoms with Gasteiger partial charge in [-0.2, -0.15) is 0 Å². The van der Waals surface area contributed by atoms with Crippen LogP contribution < -0.4 is 4.74 Å². The van der Waals surface area contributed by atoms with E-state index in [1.165, 1.54) is 6.07 Å². The number of aliphatic hydroxyl groups excluding tert-OH is 1. The maximum absolute atomic E-state index is 13.1. The summed E-state index contributed by atoms with van der Waals surface area (Å²) in [7, 11) is 0. The van der Waals surface area contributed by atoms with Gasteiger partial charge in [-0.15, -0.1) is 0 Å². The molecule has 2 rings (SSSR count). The van der Waals surface area contributed by atoms with Gasteiger partial charge in [0, 0.05) is 5.02 Å². The van der Waals surface area contributed by atoms with E-state index in [1.54, 1.807) is 43.3 Å². The second-order valence-electron chi connectivity index (χ2n) is 4.29. The van der Waals surface area contributed by atoms with Crippen molar-refractivity contribution in [3.63, 3.8) is 0 Å².